The highest BCUT2D eigenvalue weighted by atomic mass is 35.5. The summed E-state index contributed by atoms with van der Waals surface area (Å²) in [5.74, 6) is 0. The number of anilines is 1. The first kappa shape index (κ1) is 12.5. The molecule has 1 aliphatic carbocycles. The number of nitriles is 1. The van der Waals surface area contributed by atoms with Gasteiger partial charge in [0, 0.05) is 19.3 Å². The minimum atomic E-state index is -0.166. The largest absolute Gasteiger partial charge is 0.373 e. The van der Waals surface area contributed by atoms with Crippen molar-refractivity contribution in [2.45, 2.75) is 19.3 Å². The molecule has 2 rings (SSSR count). The van der Waals surface area contributed by atoms with E-state index in [4.69, 9.17) is 23.2 Å². The third kappa shape index (κ3) is 2.51. The van der Waals surface area contributed by atoms with Crippen LogP contribution in [0.3, 0.4) is 0 Å². The summed E-state index contributed by atoms with van der Waals surface area (Å²) in [4.78, 5) is 2.07. The molecular weight excluding hydrogens is 255 g/mol. The first-order valence-electron chi connectivity index (χ1n) is 5.64. The summed E-state index contributed by atoms with van der Waals surface area (Å²) in [7, 11) is 1.98. The molecule has 4 heteroatoms. The first-order valence-corrected chi connectivity index (χ1v) is 6.39. The molecule has 0 radical (unpaired) electrons. The van der Waals surface area contributed by atoms with Gasteiger partial charge in [0.15, 0.2) is 0 Å². The van der Waals surface area contributed by atoms with Crippen LogP contribution in [-0.2, 0) is 0 Å². The SMILES string of the molecule is CN(CC1(C#N)CCC1)c1ccc(Cl)c(Cl)c1. The maximum atomic E-state index is 9.21. The standard InChI is InChI=1S/C13H14Cl2N2/c1-17(9-13(8-16)5-2-6-13)10-3-4-11(14)12(15)7-10/h3-4,7H,2,5-6,9H2,1H3. The number of benzene rings is 1. The second kappa shape index (κ2) is 4.76. The van der Waals surface area contributed by atoms with Crippen LogP contribution < -0.4 is 4.90 Å². The number of nitrogens with zero attached hydrogens (tertiary/aromatic N) is 2. The van der Waals surface area contributed by atoms with Crippen molar-refractivity contribution in [3.05, 3.63) is 28.2 Å². The van der Waals surface area contributed by atoms with Crippen LogP contribution in [0.25, 0.3) is 0 Å². The predicted molar refractivity (Wildman–Crippen MR) is 71.6 cm³/mol. The maximum Gasteiger partial charge on any atom is 0.0748 e. The summed E-state index contributed by atoms with van der Waals surface area (Å²) in [5.41, 5.74) is 0.835. The van der Waals surface area contributed by atoms with Gasteiger partial charge in [-0.15, -0.1) is 0 Å². The Morgan fingerprint density at radius 3 is 2.53 bits per heavy atom. The number of halogens is 2. The lowest BCUT2D eigenvalue weighted by atomic mass is 9.69. The van der Waals surface area contributed by atoms with Gasteiger partial charge in [0.05, 0.1) is 21.5 Å². The average molecular weight is 269 g/mol. The van der Waals surface area contributed by atoms with E-state index in [0.29, 0.717) is 10.0 Å². The van der Waals surface area contributed by atoms with Gasteiger partial charge in [-0.3, -0.25) is 0 Å². The van der Waals surface area contributed by atoms with Crippen molar-refractivity contribution in [2.75, 3.05) is 18.5 Å². The van der Waals surface area contributed by atoms with Crippen molar-refractivity contribution in [1.29, 1.82) is 5.26 Å². The summed E-state index contributed by atoms with van der Waals surface area (Å²) in [5, 5.41) is 10.3. The van der Waals surface area contributed by atoms with E-state index >= 15 is 0 Å². The van der Waals surface area contributed by atoms with Crippen LogP contribution in [0.5, 0.6) is 0 Å². The van der Waals surface area contributed by atoms with Crippen LogP contribution in [0.4, 0.5) is 5.69 Å². The zero-order valence-corrected chi connectivity index (χ0v) is 11.2. The minimum absolute atomic E-state index is 0.166. The molecule has 0 saturated heterocycles. The van der Waals surface area contributed by atoms with Gasteiger partial charge in [-0.05, 0) is 31.0 Å². The first-order chi connectivity index (χ1) is 8.06. The van der Waals surface area contributed by atoms with E-state index in [0.717, 1.165) is 31.5 Å². The molecule has 2 nitrogen and oxygen atoms in total. The fourth-order valence-corrected chi connectivity index (χ4v) is 2.47. The summed E-state index contributed by atoms with van der Waals surface area (Å²) < 4.78 is 0. The van der Waals surface area contributed by atoms with E-state index in [1.54, 1.807) is 6.07 Å². The van der Waals surface area contributed by atoms with Gasteiger partial charge < -0.3 is 4.90 Å². The molecule has 0 N–H and O–H groups in total. The third-order valence-electron chi connectivity index (χ3n) is 3.43. The highest BCUT2D eigenvalue weighted by Gasteiger charge is 2.38. The topological polar surface area (TPSA) is 27.0 Å². The predicted octanol–water partition coefficient (Wildman–Crippen LogP) is 4.12. The van der Waals surface area contributed by atoms with E-state index in [1.165, 1.54) is 0 Å². The molecule has 0 unspecified atom stereocenters. The van der Waals surface area contributed by atoms with Gasteiger partial charge in [0.2, 0.25) is 0 Å². The number of hydrogen-bond acceptors (Lipinski definition) is 2. The maximum absolute atomic E-state index is 9.21. The summed E-state index contributed by atoms with van der Waals surface area (Å²) >= 11 is 11.9. The van der Waals surface area contributed by atoms with Crippen molar-refractivity contribution < 1.29 is 0 Å². The quantitative estimate of drug-likeness (QED) is 0.825. The van der Waals surface area contributed by atoms with E-state index in [1.807, 2.05) is 19.2 Å². The van der Waals surface area contributed by atoms with Crippen LogP contribution in [0, 0.1) is 16.7 Å². The molecule has 0 spiro atoms. The van der Waals surface area contributed by atoms with Crippen molar-refractivity contribution in [3.8, 4) is 6.07 Å². The smallest absolute Gasteiger partial charge is 0.0748 e. The summed E-state index contributed by atoms with van der Waals surface area (Å²) in [6, 6.07) is 8.00. The van der Waals surface area contributed by atoms with Gasteiger partial charge in [-0.25, -0.2) is 0 Å². The number of hydrogen-bond donors (Lipinski definition) is 0. The minimum Gasteiger partial charge on any atom is -0.373 e. The fourth-order valence-electron chi connectivity index (χ4n) is 2.18. The Morgan fingerprint density at radius 2 is 2.06 bits per heavy atom. The lowest BCUT2D eigenvalue weighted by molar-refractivity contribution is 0.223. The lowest BCUT2D eigenvalue weighted by Gasteiger charge is -2.39. The molecule has 1 fully saturated rings. The Balaban J connectivity index is 2.12. The summed E-state index contributed by atoms with van der Waals surface area (Å²) in [6.45, 7) is 0.751. The van der Waals surface area contributed by atoms with Crippen molar-refractivity contribution in [2.24, 2.45) is 5.41 Å². The second-order valence-corrected chi connectivity index (χ2v) is 5.51. The Labute approximate surface area is 112 Å². The molecule has 17 heavy (non-hydrogen) atoms. The van der Waals surface area contributed by atoms with Crippen LogP contribution in [0.2, 0.25) is 10.0 Å². The molecule has 1 aromatic carbocycles. The van der Waals surface area contributed by atoms with E-state index < -0.39 is 0 Å². The molecule has 1 saturated carbocycles. The Hall–Kier alpha value is -0.910. The monoisotopic (exact) mass is 268 g/mol. The van der Waals surface area contributed by atoms with Gasteiger partial charge >= 0.3 is 0 Å². The third-order valence-corrected chi connectivity index (χ3v) is 4.17. The van der Waals surface area contributed by atoms with Gasteiger partial charge in [-0.1, -0.05) is 29.6 Å². The summed E-state index contributed by atoms with van der Waals surface area (Å²) in [6.07, 6.45) is 3.15. The zero-order chi connectivity index (χ0) is 12.5. The van der Waals surface area contributed by atoms with Crippen molar-refractivity contribution in [3.63, 3.8) is 0 Å². The van der Waals surface area contributed by atoms with Gasteiger partial charge in [0.1, 0.15) is 0 Å². The Bertz CT molecular complexity index is 461. The molecule has 0 amide bonds. The Morgan fingerprint density at radius 1 is 1.35 bits per heavy atom. The van der Waals surface area contributed by atoms with E-state index in [9.17, 15) is 5.26 Å². The van der Waals surface area contributed by atoms with E-state index in [-0.39, 0.29) is 5.41 Å². The molecule has 0 bridgehead atoms. The Kier molecular flexibility index (Phi) is 3.51. The molecule has 90 valence electrons. The second-order valence-electron chi connectivity index (χ2n) is 4.70. The molecule has 0 aromatic heterocycles. The van der Waals surface area contributed by atoms with E-state index in [2.05, 4.69) is 11.0 Å². The molecule has 0 heterocycles. The lowest BCUT2D eigenvalue weighted by Crippen LogP contribution is -2.39. The highest BCUT2D eigenvalue weighted by molar-refractivity contribution is 6.42. The molecular formula is C13H14Cl2N2. The van der Waals surface area contributed by atoms with Crippen molar-refractivity contribution >= 4 is 28.9 Å². The fraction of sp³-hybridized carbons (Fsp3) is 0.462. The molecule has 0 aliphatic heterocycles. The van der Waals surface area contributed by atoms with Gasteiger partial charge in [-0.2, -0.15) is 5.26 Å². The highest BCUT2D eigenvalue weighted by Crippen LogP contribution is 2.41. The van der Waals surface area contributed by atoms with Crippen LogP contribution >= 0.6 is 23.2 Å². The van der Waals surface area contributed by atoms with Gasteiger partial charge in [0.25, 0.3) is 0 Å². The zero-order valence-electron chi connectivity index (χ0n) is 9.71. The molecule has 1 aliphatic rings. The molecule has 0 atom stereocenters. The molecule has 1 aromatic rings. The van der Waals surface area contributed by atoms with Crippen LogP contribution in [0.1, 0.15) is 19.3 Å². The normalized spacial score (nSPS) is 17.1. The average Bonchev–Trinajstić information content (AvgIpc) is 2.27. The van der Waals surface area contributed by atoms with Crippen LogP contribution in [0.15, 0.2) is 18.2 Å². The van der Waals surface area contributed by atoms with Crippen LogP contribution in [-0.4, -0.2) is 13.6 Å². The number of rotatable bonds is 3. The van der Waals surface area contributed by atoms with Crippen molar-refractivity contribution in [1.82, 2.24) is 0 Å².